The zero-order chi connectivity index (χ0) is 17.9. The van der Waals surface area contributed by atoms with Crippen LogP contribution in [0.4, 0.5) is 0 Å². The fourth-order valence-electron chi connectivity index (χ4n) is 2.52. The van der Waals surface area contributed by atoms with Crippen LogP contribution in [0.3, 0.4) is 0 Å². The molecule has 24 heavy (non-hydrogen) atoms. The fraction of sp³-hybridized carbons (Fsp3) is 0.467. The van der Waals surface area contributed by atoms with E-state index in [1.807, 2.05) is 0 Å². The van der Waals surface area contributed by atoms with E-state index >= 15 is 0 Å². The number of carbonyl (C=O) groups is 2. The van der Waals surface area contributed by atoms with Crippen molar-refractivity contribution in [3.05, 3.63) is 33.8 Å². The molecule has 6 nitrogen and oxygen atoms in total. The van der Waals surface area contributed by atoms with Crippen LogP contribution in [-0.2, 0) is 25.8 Å². The number of halogens is 2. The number of nitrogens with one attached hydrogen (secondary N) is 1. The van der Waals surface area contributed by atoms with Gasteiger partial charge in [0.1, 0.15) is 0 Å². The van der Waals surface area contributed by atoms with E-state index in [1.54, 1.807) is 18.2 Å². The van der Waals surface area contributed by atoms with E-state index in [9.17, 15) is 18.0 Å². The van der Waals surface area contributed by atoms with Gasteiger partial charge in [-0.2, -0.15) is 0 Å². The molecule has 0 spiro atoms. The number of nitrogens with zero attached hydrogens (tertiary/aromatic N) is 1. The highest BCUT2D eigenvalue weighted by Gasteiger charge is 2.34. The van der Waals surface area contributed by atoms with E-state index < -0.39 is 27.7 Å². The van der Waals surface area contributed by atoms with Crippen molar-refractivity contribution in [2.24, 2.45) is 0 Å². The summed E-state index contributed by atoms with van der Waals surface area (Å²) in [7, 11) is -1.66. The molecule has 1 saturated heterocycles. The van der Waals surface area contributed by atoms with Crippen LogP contribution in [0, 0.1) is 0 Å². The second-order valence-electron chi connectivity index (χ2n) is 5.71. The van der Waals surface area contributed by atoms with Gasteiger partial charge in [-0.15, -0.1) is 0 Å². The van der Waals surface area contributed by atoms with Gasteiger partial charge in [-0.05, 0) is 30.5 Å². The van der Waals surface area contributed by atoms with Gasteiger partial charge in [0.25, 0.3) is 0 Å². The molecule has 1 fully saturated rings. The average Bonchev–Trinajstić information content (AvgIpc) is 2.88. The smallest absolute Gasteiger partial charge is 0.311 e. The first-order valence-corrected chi connectivity index (χ1v) is 9.96. The molecule has 1 unspecified atom stereocenters. The normalized spacial score (nSPS) is 19.0. The molecule has 1 aliphatic heterocycles. The van der Waals surface area contributed by atoms with Gasteiger partial charge < -0.3 is 10.2 Å². The minimum Gasteiger partial charge on any atom is -0.347 e. The summed E-state index contributed by atoms with van der Waals surface area (Å²) in [6, 6.07) is 4.62. The number of hydrogen-bond acceptors (Lipinski definition) is 4. The Labute approximate surface area is 151 Å². The Morgan fingerprint density at radius 2 is 2.04 bits per heavy atom. The molecule has 1 heterocycles. The van der Waals surface area contributed by atoms with Crippen LogP contribution >= 0.6 is 23.2 Å². The first-order valence-electron chi connectivity index (χ1n) is 7.39. The summed E-state index contributed by atoms with van der Waals surface area (Å²) < 4.78 is 22.9. The van der Waals surface area contributed by atoms with Crippen molar-refractivity contribution in [3.8, 4) is 0 Å². The average molecular weight is 393 g/mol. The molecular weight excluding hydrogens is 375 g/mol. The van der Waals surface area contributed by atoms with E-state index in [0.717, 1.165) is 5.56 Å². The number of amides is 2. The van der Waals surface area contributed by atoms with Crippen LogP contribution in [0.2, 0.25) is 10.0 Å². The maximum absolute atomic E-state index is 12.1. The number of likely N-dealkylation sites (N-methyl/N-ethyl adjacent to an activating group) is 1. The third-order valence-corrected chi connectivity index (χ3v) is 6.30. The Morgan fingerprint density at radius 1 is 1.33 bits per heavy atom. The zero-order valence-corrected chi connectivity index (χ0v) is 15.4. The lowest BCUT2D eigenvalue weighted by Crippen LogP contribution is -2.46. The fourth-order valence-corrected chi connectivity index (χ4v) is 4.79. The molecule has 1 N–H and O–H groups in total. The highest BCUT2D eigenvalue weighted by molar-refractivity contribution is 7.91. The quantitative estimate of drug-likeness (QED) is 0.782. The Kier molecular flexibility index (Phi) is 6.11. The molecule has 0 radical (unpaired) electrons. The SMILES string of the molecule is CN(C(=O)C(=O)NCCc1ccc(Cl)cc1Cl)C1CCS(=O)(=O)C1. The van der Waals surface area contributed by atoms with Crippen LogP contribution in [-0.4, -0.2) is 56.3 Å². The van der Waals surface area contributed by atoms with Gasteiger partial charge in [0.05, 0.1) is 11.5 Å². The zero-order valence-electron chi connectivity index (χ0n) is 13.1. The standard InChI is InChI=1S/C15H18Cl2N2O4S/c1-19(12-5-7-24(22,23)9-12)15(21)14(20)18-6-4-10-2-3-11(16)8-13(10)17/h2-3,8,12H,4-7,9H2,1H3,(H,18,20). The van der Waals surface area contributed by atoms with Crippen LogP contribution < -0.4 is 5.32 Å². The first kappa shape index (κ1) is 19.0. The van der Waals surface area contributed by atoms with Gasteiger partial charge in [-0.3, -0.25) is 9.59 Å². The Balaban J connectivity index is 1.84. The van der Waals surface area contributed by atoms with E-state index in [4.69, 9.17) is 23.2 Å². The number of sulfone groups is 1. The highest BCUT2D eigenvalue weighted by atomic mass is 35.5. The summed E-state index contributed by atoms with van der Waals surface area (Å²) in [6.45, 7) is 0.239. The number of hydrogen-bond donors (Lipinski definition) is 1. The highest BCUT2D eigenvalue weighted by Crippen LogP contribution is 2.21. The summed E-state index contributed by atoms with van der Waals surface area (Å²) in [5.41, 5.74) is 0.809. The minimum absolute atomic E-state index is 0.0476. The second-order valence-corrected chi connectivity index (χ2v) is 8.79. The van der Waals surface area contributed by atoms with Crippen LogP contribution in [0.25, 0.3) is 0 Å². The van der Waals surface area contributed by atoms with E-state index in [0.29, 0.717) is 22.9 Å². The summed E-state index contributed by atoms with van der Waals surface area (Å²) in [5.74, 6) is -1.54. The van der Waals surface area contributed by atoms with Crippen molar-refractivity contribution in [1.29, 1.82) is 0 Å². The summed E-state index contributed by atoms with van der Waals surface area (Å²) >= 11 is 11.9. The van der Waals surface area contributed by atoms with Gasteiger partial charge in [-0.25, -0.2) is 8.42 Å². The lowest BCUT2D eigenvalue weighted by molar-refractivity contribution is -0.146. The number of carbonyl (C=O) groups excluding carboxylic acids is 2. The molecule has 132 valence electrons. The molecule has 0 aliphatic carbocycles. The molecular formula is C15H18Cl2N2O4S. The van der Waals surface area contributed by atoms with Crippen molar-refractivity contribution in [2.45, 2.75) is 18.9 Å². The van der Waals surface area contributed by atoms with E-state index in [2.05, 4.69) is 5.32 Å². The summed E-state index contributed by atoms with van der Waals surface area (Å²) in [6.07, 6.45) is 0.814. The van der Waals surface area contributed by atoms with Crippen molar-refractivity contribution >= 4 is 44.9 Å². The molecule has 1 atom stereocenters. The minimum atomic E-state index is -3.11. The Morgan fingerprint density at radius 3 is 2.62 bits per heavy atom. The molecule has 1 aromatic carbocycles. The third kappa shape index (κ3) is 4.84. The second kappa shape index (κ2) is 7.72. The third-order valence-electron chi connectivity index (χ3n) is 3.97. The van der Waals surface area contributed by atoms with Gasteiger partial charge >= 0.3 is 11.8 Å². The van der Waals surface area contributed by atoms with Gasteiger partial charge in [0.15, 0.2) is 9.84 Å². The molecule has 1 aromatic rings. The van der Waals surface area contributed by atoms with Gasteiger partial charge in [-0.1, -0.05) is 29.3 Å². The molecule has 1 aliphatic rings. The van der Waals surface area contributed by atoms with Crippen molar-refractivity contribution in [2.75, 3.05) is 25.1 Å². The van der Waals surface area contributed by atoms with Gasteiger partial charge in [0, 0.05) is 29.7 Å². The molecule has 0 saturated carbocycles. The maximum atomic E-state index is 12.1. The van der Waals surface area contributed by atoms with Gasteiger partial charge in [0.2, 0.25) is 0 Å². The van der Waals surface area contributed by atoms with E-state index in [-0.39, 0.29) is 18.1 Å². The van der Waals surface area contributed by atoms with Crippen LogP contribution in [0.5, 0.6) is 0 Å². The lowest BCUT2D eigenvalue weighted by Gasteiger charge is -2.22. The number of rotatable bonds is 4. The topological polar surface area (TPSA) is 83.6 Å². The molecule has 2 rings (SSSR count). The van der Waals surface area contributed by atoms with E-state index in [1.165, 1.54) is 11.9 Å². The Bertz CT molecular complexity index is 752. The largest absolute Gasteiger partial charge is 0.347 e. The van der Waals surface area contributed by atoms with Crippen molar-refractivity contribution in [1.82, 2.24) is 10.2 Å². The van der Waals surface area contributed by atoms with Crippen LogP contribution in [0.15, 0.2) is 18.2 Å². The predicted molar refractivity (Wildman–Crippen MR) is 93.0 cm³/mol. The van der Waals surface area contributed by atoms with Crippen molar-refractivity contribution < 1.29 is 18.0 Å². The summed E-state index contributed by atoms with van der Waals surface area (Å²) in [5, 5.41) is 3.55. The lowest BCUT2D eigenvalue weighted by atomic mass is 10.1. The monoisotopic (exact) mass is 392 g/mol. The maximum Gasteiger partial charge on any atom is 0.311 e. The molecule has 0 bridgehead atoms. The Hall–Kier alpha value is -1.31. The predicted octanol–water partition coefficient (Wildman–Crippen LogP) is 1.30. The molecule has 9 heteroatoms. The van der Waals surface area contributed by atoms with Crippen molar-refractivity contribution in [3.63, 3.8) is 0 Å². The molecule has 2 amide bonds. The number of benzene rings is 1. The summed E-state index contributed by atoms with van der Waals surface area (Å²) in [4.78, 5) is 25.2. The molecule has 0 aromatic heterocycles. The first-order chi connectivity index (χ1) is 11.2. The van der Waals surface area contributed by atoms with Crippen LogP contribution in [0.1, 0.15) is 12.0 Å².